The van der Waals surface area contributed by atoms with Crippen LogP contribution in [0.1, 0.15) is 24.8 Å². The van der Waals surface area contributed by atoms with E-state index in [0.717, 1.165) is 19.3 Å². The van der Waals surface area contributed by atoms with Crippen LogP contribution in [-0.2, 0) is 6.54 Å². The van der Waals surface area contributed by atoms with Crippen LogP contribution in [0.15, 0.2) is 18.2 Å². The van der Waals surface area contributed by atoms with E-state index in [1.165, 1.54) is 6.07 Å². The van der Waals surface area contributed by atoms with Crippen LogP contribution >= 0.6 is 11.6 Å². The molecule has 0 amide bonds. The molecule has 0 radical (unpaired) electrons. The van der Waals surface area contributed by atoms with Gasteiger partial charge in [0, 0.05) is 23.2 Å². The standard InChI is InChI=1S/C13H14ClFN2/c14-11-5-4-10(12(15)6-11)8-17-13-3-1-2-9(13)7-16/h4-6,9,13,17H,1-3,8H2. The van der Waals surface area contributed by atoms with Crippen LogP contribution in [0.4, 0.5) is 4.39 Å². The molecule has 17 heavy (non-hydrogen) atoms. The Labute approximate surface area is 105 Å². The number of benzene rings is 1. The molecule has 0 saturated heterocycles. The van der Waals surface area contributed by atoms with Gasteiger partial charge in [-0.15, -0.1) is 0 Å². The van der Waals surface area contributed by atoms with Gasteiger partial charge in [-0.3, -0.25) is 0 Å². The summed E-state index contributed by atoms with van der Waals surface area (Å²) in [6.45, 7) is 0.450. The van der Waals surface area contributed by atoms with Crippen molar-refractivity contribution in [3.63, 3.8) is 0 Å². The maximum atomic E-state index is 13.5. The first-order valence-electron chi connectivity index (χ1n) is 5.77. The van der Waals surface area contributed by atoms with Crippen molar-refractivity contribution < 1.29 is 4.39 Å². The summed E-state index contributed by atoms with van der Waals surface area (Å²) < 4.78 is 13.5. The Hall–Kier alpha value is -1.11. The summed E-state index contributed by atoms with van der Waals surface area (Å²) in [6, 6.07) is 7.16. The smallest absolute Gasteiger partial charge is 0.129 e. The van der Waals surface area contributed by atoms with Gasteiger partial charge in [-0.25, -0.2) is 4.39 Å². The molecule has 1 fully saturated rings. The quantitative estimate of drug-likeness (QED) is 0.896. The average molecular weight is 253 g/mol. The van der Waals surface area contributed by atoms with Gasteiger partial charge in [-0.2, -0.15) is 5.26 Å². The molecule has 1 N–H and O–H groups in total. The van der Waals surface area contributed by atoms with Crippen LogP contribution in [-0.4, -0.2) is 6.04 Å². The molecule has 0 bridgehead atoms. The first-order chi connectivity index (χ1) is 8.20. The fourth-order valence-electron chi connectivity index (χ4n) is 2.26. The summed E-state index contributed by atoms with van der Waals surface area (Å²) in [5, 5.41) is 12.6. The number of hydrogen-bond donors (Lipinski definition) is 1. The Morgan fingerprint density at radius 2 is 2.29 bits per heavy atom. The van der Waals surface area contributed by atoms with E-state index in [-0.39, 0.29) is 17.8 Å². The highest BCUT2D eigenvalue weighted by atomic mass is 35.5. The van der Waals surface area contributed by atoms with E-state index >= 15 is 0 Å². The van der Waals surface area contributed by atoms with E-state index < -0.39 is 0 Å². The summed E-state index contributed by atoms with van der Waals surface area (Å²) in [5.41, 5.74) is 0.595. The monoisotopic (exact) mass is 252 g/mol. The van der Waals surface area contributed by atoms with Gasteiger partial charge in [0.15, 0.2) is 0 Å². The van der Waals surface area contributed by atoms with Gasteiger partial charge >= 0.3 is 0 Å². The predicted octanol–water partition coefficient (Wildman–Crippen LogP) is 3.26. The molecule has 2 unspecified atom stereocenters. The van der Waals surface area contributed by atoms with Crippen molar-refractivity contribution in [3.05, 3.63) is 34.6 Å². The normalized spacial score (nSPS) is 23.6. The number of halogens is 2. The van der Waals surface area contributed by atoms with Gasteiger partial charge in [0.1, 0.15) is 5.82 Å². The molecule has 2 nitrogen and oxygen atoms in total. The number of nitrogens with one attached hydrogen (secondary N) is 1. The highest BCUT2D eigenvalue weighted by Gasteiger charge is 2.26. The van der Waals surface area contributed by atoms with E-state index in [0.29, 0.717) is 17.1 Å². The zero-order valence-corrected chi connectivity index (χ0v) is 10.2. The predicted molar refractivity (Wildman–Crippen MR) is 65.0 cm³/mol. The van der Waals surface area contributed by atoms with Crippen molar-refractivity contribution in [2.75, 3.05) is 0 Å². The molecule has 1 aromatic carbocycles. The molecular formula is C13H14ClFN2. The highest BCUT2D eigenvalue weighted by molar-refractivity contribution is 6.30. The first-order valence-corrected chi connectivity index (χ1v) is 6.15. The molecule has 2 atom stereocenters. The molecule has 0 aliphatic heterocycles. The molecule has 0 aromatic heterocycles. The van der Waals surface area contributed by atoms with Crippen molar-refractivity contribution in [1.82, 2.24) is 5.32 Å². The van der Waals surface area contributed by atoms with Crippen LogP contribution < -0.4 is 5.32 Å². The van der Waals surface area contributed by atoms with Crippen LogP contribution in [0.5, 0.6) is 0 Å². The minimum atomic E-state index is -0.295. The van der Waals surface area contributed by atoms with Crippen molar-refractivity contribution in [2.24, 2.45) is 5.92 Å². The fraction of sp³-hybridized carbons (Fsp3) is 0.462. The molecule has 1 aliphatic carbocycles. The minimum Gasteiger partial charge on any atom is -0.309 e. The Morgan fingerprint density at radius 3 is 3.00 bits per heavy atom. The van der Waals surface area contributed by atoms with E-state index in [2.05, 4.69) is 11.4 Å². The number of rotatable bonds is 3. The lowest BCUT2D eigenvalue weighted by atomic mass is 10.1. The van der Waals surface area contributed by atoms with Crippen LogP contribution in [0.25, 0.3) is 0 Å². The van der Waals surface area contributed by atoms with Crippen molar-refractivity contribution in [1.29, 1.82) is 5.26 Å². The van der Waals surface area contributed by atoms with Crippen LogP contribution in [0, 0.1) is 23.1 Å². The van der Waals surface area contributed by atoms with E-state index in [4.69, 9.17) is 16.9 Å². The number of hydrogen-bond acceptors (Lipinski definition) is 2. The third-order valence-electron chi connectivity index (χ3n) is 3.25. The molecule has 0 heterocycles. The van der Waals surface area contributed by atoms with Crippen LogP contribution in [0.3, 0.4) is 0 Å². The summed E-state index contributed by atoms with van der Waals surface area (Å²) in [7, 11) is 0. The molecule has 1 aromatic rings. The summed E-state index contributed by atoms with van der Waals surface area (Å²) in [5.74, 6) is -0.234. The van der Waals surface area contributed by atoms with E-state index in [1.54, 1.807) is 12.1 Å². The molecule has 1 saturated carbocycles. The molecule has 90 valence electrons. The Morgan fingerprint density at radius 1 is 1.47 bits per heavy atom. The SMILES string of the molecule is N#CC1CCCC1NCc1ccc(Cl)cc1F. The zero-order chi connectivity index (χ0) is 12.3. The lowest BCUT2D eigenvalue weighted by Gasteiger charge is -2.15. The minimum absolute atomic E-state index is 0.0605. The lowest BCUT2D eigenvalue weighted by molar-refractivity contribution is 0.457. The zero-order valence-electron chi connectivity index (χ0n) is 9.42. The Bertz CT molecular complexity index is 442. The number of nitrogens with zero attached hydrogens (tertiary/aromatic N) is 1. The third kappa shape index (κ3) is 2.96. The van der Waals surface area contributed by atoms with Crippen molar-refractivity contribution >= 4 is 11.6 Å². The van der Waals surface area contributed by atoms with E-state index in [1.807, 2.05) is 0 Å². The Balaban J connectivity index is 1.96. The molecule has 2 rings (SSSR count). The van der Waals surface area contributed by atoms with Gasteiger partial charge < -0.3 is 5.32 Å². The first kappa shape index (κ1) is 12.3. The fourth-order valence-corrected chi connectivity index (χ4v) is 2.42. The molecule has 0 spiro atoms. The van der Waals surface area contributed by atoms with Gasteiger partial charge in [-0.05, 0) is 25.0 Å². The molecule has 1 aliphatic rings. The van der Waals surface area contributed by atoms with E-state index in [9.17, 15) is 4.39 Å². The van der Waals surface area contributed by atoms with Gasteiger partial charge in [0.2, 0.25) is 0 Å². The number of nitriles is 1. The highest BCUT2D eigenvalue weighted by Crippen LogP contribution is 2.25. The molecular weight excluding hydrogens is 239 g/mol. The maximum Gasteiger partial charge on any atom is 0.129 e. The summed E-state index contributed by atoms with van der Waals surface area (Å²) >= 11 is 5.69. The largest absolute Gasteiger partial charge is 0.309 e. The Kier molecular flexibility index (Phi) is 3.98. The third-order valence-corrected chi connectivity index (χ3v) is 3.49. The second-order valence-electron chi connectivity index (χ2n) is 4.39. The summed E-state index contributed by atoms with van der Waals surface area (Å²) in [6.07, 6.45) is 3.00. The van der Waals surface area contributed by atoms with Crippen LogP contribution in [0.2, 0.25) is 5.02 Å². The topological polar surface area (TPSA) is 35.8 Å². The van der Waals surface area contributed by atoms with Crippen molar-refractivity contribution in [3.8, 4) is 6.07 Å². The maximum absolute atomic E-state index is 13.5. The average Bonchev–Trinajstić information content (AvgIpc) is 2.75. The summed E-state index contributed by atoms with van der Waals surface area (Å²) in [4.78, 5) is 0. The molecule has 4 heteroatoms. The lowest BCUT2D eigenvalue weighted by Crippen LogP contribution is -2.31. The van der Waals surface area contributed by atoms with Gasteiger partial charge in [-0.1, -0.05) is 24.1 Å². The van der Waals surface area contributed by atoms with Gasteiger partial charge in [0.25, 0.3) is 0 Å². The van der Waals surface area contributed by atoms with Gasteiger partial charge in [0.05, 0.1) is 12.0 Å². The van der Waals surface area contributed by atoms with Crippen molar-refractivity contribution in [2.45, 2.75) is 31.8 Å². The second-order valence-corrected chi connectivity index (χ2v) is 4.83. The second kappa shape index (κ2) is 5.48.